The van der Waals surface area contributed by atoms with E-state index in [1.807, 2.05) is 49.4 Å². The van der Waals surface area contributed by atoms with Crippen molar-refractivity contribution >= 4 is 29.2 Å². The van der Waals surface area contributed by atoms with E-state index in [9.17, 15) is 14.4 Å². The summed E-state index contributed by atoms with van der Waals surface area (Å²) in [6, 6.07) is 14.2. The number of nitrogens with one attached hydrogen (secondary N) is 2. The molecule has 2 saturated heterocycles. The van der Waals surface area contributed by atoms with Gasteiger partial charge in [0.1, 0.15) is 12.6 Å². The van der Waals surface area contributed by atoms with Gasteiger partial charge in [-0.2, -0.15) is 0 Å². The molecule has 7 heteroatoms. The Bertz CT molecular complexity index is 954. The molecule has 2 heterocycles. The molecule has 0 spiro atoms. The Hall–Kier alpha value is -3.35. The van der Waals surface area contributed by atoms with E-state index in [1.54, 1.807) is 0 Å². The van der Waals surface area contributed by atoms with Crippen LogP contribution in [0.15, 0.2) is 48.5 Å². The van der Waals surface area contributed by atoms with Gasteiger partial charge < -0.3 is 15.5 Å². The fraction of sp³-hybridized carbons (Fsp3) is 0.348. The third-order valence-electron chi connectivity index (χ3n) is 5.65. The zero-order valence-corrected chi connectivity index (χ0v) is 17.1. The van der Waals surface area contributed by atoms with E-state index in [2.05, 4.69) is 21.6 Å². The van der Waals surface area contributed by atoms with Crippen LogP contribution in [0.1, 0.15) is 24.0 Å². The Morgan fingerprint density at radius 2 is 1.83 bits per heavy atom. The number of anilines is 2. The highest BCUT2D eigenvalue weighted by atomic mass is 16.2. The second kappa shape index (κ2) is 8.57. The first-order valence-electron chi connectivity index (χ1n) is 10.3. The van der Waals surface area contributed by atoms with E-state index >= 15 is 0 Å². The Labute approximate surface area is 176 Å². The van der Waals surface area contributed by atoms with Gasteiger partial charge in [0.15, 0.2) is 0 Å². The van der Waals surface area contributed by atoms with E-state index in [-0.39, 0.29) is 12.5 Å². The van der Waals surface area contributed by atoms with E-state index in [0.29, 0.717) is 12.1 Å². The molecule has 2 aromatic rings. The average Bonchev–Trinajstić information content (AvgIpc) is 3.35. The minimum absolute atomic E-state index is 0.302. The molecule has 2 aliphatic rings. The lowest BCUT2D eigenvalue weighted by molar-refractivity contribution is -0.130. The first-order chi connectivity index (χ1) is 14.5. The molecule has 2 fully saturated rings. The maximum absolute atomic E-state index is 12.6. The molecule has 1 atom stereocenters. The summed E-state index contributed by atoms with van der Waals surface area (Å²) in [6.07, 6.45) is 2.81. The number of hydrogen-bond donors (Lipinski definition) is 2. The lowest BCUT2D eigenvalue weighted by Crippen LogP contribution is -2.38. The van der Waals surface area contributed by atoms with Crippen molar-refractivity contribution in [3.63, 3.8) is 0 Å². The van der Waals surface area contributed by atoms with Gasteiger partial charge in [0.2, 0.25) is 5.91 Å². The standard InChI is InChI=1S/C23H26N4O3/c1-16-13-18(26-11-5-6-12-26)9-10-19(16)24-21(28)15-27-22(29)20(25-23(27)30)14-17-7-3-2-4-8-17/h2-4,7-10,13,20H,5-6,11-12,14-15H2,1H3,(H,24,28)(H,25,30). The molecular weight excluding hydrogens is 380 g/mol. The van der Waals surface area contributed by atoms with Gasteiger partial charge in [0.05, 0.1) is 0 Å². The quantitative estimate of drug-likeness (QED) is 0.723. The van der Waals surface area contributed by atoms with Gasteiger partial charge in [-0.15, -0.1) is 0 Å². The van der Waals surface area contributed by atoms with E-state index in [1.165, 1.54) is 12.8 Å². The second-order valence-electron chi connectivity index (χ2n) is 7.86. The molecule has 4 amide bonds. The molecule has 2 aliphatic heterocycles. The highest BCUT2D eigenvalue weighted by Gasteiger charge is 2.38. The highest BCUT2D eigenvalue weighted by Crippen LogP contribution is 2.25. The van der Waals surface area contributed by atoms with Gasteiger partial charge in [0.25, 0.3) is 5.91 Å². The third-order valence-corrected chi connectivity index (χ3v) is 5.65. The number of rotatable bonds is 6. The lowest BCUT2D eigenvalue weighted by Gasteiger charge is -2.19. The molecule has 0 bridgehead atoms. The van der Waals surface area contributed by atoms with E-state index < -0.39 is 18.0 Å². The molecule has 156 valence electrons. The zero-order valence-electron chi connectivity index (χ0n) is 17.1. The number of carbonyl (C=O) groups is 3. The first kappa shape index (κ1) is 19.9. The average molecular weight is 406 g/mol. The fourth-order valence-corrected chi connectivity index (χ4v) is 4.01. The molecule has 0 aliphatic carbocycles. The number of aryl methyl sites for hydroxylation is 1. The summed E-state index contributed by atoms with van der Waals surface area (Å²) >= 11 is 0. The number of benzene rings is 2. The summed E-state index contributed by atoms with van der Waals surface area (Å²) in [6.45, 7) is 3.75. The van der Waals surface area contributed by atoms with Crippen molar-refractivity contribution in [2.75, 3.05) is 29.9 Å². The van der Waals surface area contributed by atoms with Crippen molar-refractivity contribution in [3.8, 4) is 0 Å². The highest BCUT2D eigenvalue weighted by molar-refractivity contribution is 6.08. The number of hydrogen-bond acceptors (Lipinski definition) is 4. The van der Waals surface area contributed by atoms with Crippen LogP contribution in [0.4, 0.5) is 16.2 Å². The van der Waals surface area contributed by atoms with Crippen LogP contribution in [0.5, 0.6) is 0 Å². The summed E-state index contributed by atoms with van der Waals surface area (Å²) in [7, 11) is 0. The molecule has 2 aromatic carbocycles. The maximum atomic E-state index is 12.6. The molecule has 0 aromatic heterocycles. The number of nitrogens with zero attached hydrogens (tertiary/aromatic N) is 2. The summed E-state index contributed by atoms with van der Waals surface area (Å²) < 4.78 is 0. The number of carbonyl (C=O) groups excluding carboxylic acids is 3. The predicted octanol–water partition coefficient (Wildman–Crippen LogP) is 2.70. The zero-order chi connectivity index (χ0) is 21.1. The Kier molecular flexibility index (Phi) is 5.70. The van der Waals surface area contributed by atoms with Crippen LogP contribution in [0, 0.1) is 6.92 Å². The predicted molar refractivity (Wildman–Crippen MR) is 115 cm³/mol. The molecule has 4 rings (SSSR count). The van der Waals surface area contributed by atoms with E-state index in [0.717, 1.165) is 34.8 Å². The second-order valence-corrected chi connectivity index (χ2v) is 7.86. The van der Waals surface area contributed by atoms with E-state index in [4.69, 9.17) is 0 Å². The third kappa shape index (κ3) is 4.30. The van der Waals surface area contributed by atoms with Crippen LogP contribution in [0.3, 0.4) is 0 Å². The van der Waals surface area contributed by atoms with Gasteiger partial charge in [-0.1, -0.05) is 30.3 Å². The van der Waals surface area contributed by atoms with Crippen LogP contribution < -0.4 is 15.5 Å². The summed E-state index contributed by atoms with van der Waals surface area (Å²) in [5.74, 6) is -0.768. The first-order valence-corrected chi connectivity index (χ1v) is 10.3. The van der Waals surface area contributed by atoms with Gasteiger partial charge in [-0.3, -0.25) is 14.5 Å². The molecule has 1 unspecified atom stereocenters. The number of amides is 4. The topological polar surface area (TPSA) is 81.8 Å². The summed E-state index contributed by atoms with van der Waals surface area (Å²) in [5, 5.41) is 5.50. The molecule has 2 N–H and O–H groups in total. The largest absolute Gasteiger partial charge is 0.372 e. The van der Waals surface area contributed by atoms with Crippen molar-refractivity contribution in [2.45, 2.75) is 32.2 Å². The van der Waals surface area contributed by atoms with Crippen molar-refractivity contribution < 1.29 is 14.4 Å². The van der Waals surface area contributed by atoms with Crippen LogP contribution in [-0.4, -0.2) is 48.4 Å². The molecule has 30 heavy (non-hydrogen) atoms. The molecular formula is C23H26N4O3. The number of urea groups is 1. The van der Waals surface area contributed by atoms with Gasteiger partial charge in [-0.25, -0.2) is 4.79 Å². The molecule has 0 saturated carbocycles. The Morgan fingerprint density at radius 3 is 2.53 bits per heavy atom. The van der Waals surface area contributed by atoms with Crippen molar-refractivity contribution in [1.82, 2.24) is 10.2 Å². The van der Waals surface area contributed by atoms with Crippen LogP contribution in [0.2, 0.25) is 0 Å². The lowest BCUT2D eigenvalue weighted by atomic mass is 10.1. The van der Waals surface area contributed by atoms with Crippen molar-refractivity contribution in [3.05, 3.63) is 59.7 Å². The van der Waals surface area contributed by atoms with Gasteiger partial charge in [0, 0.05) is 30.9 Å². The smallest absolute Gasteiger partial charge is 0.325 e. The summed E-state index contributed by atoms with van der Waals surface area (Å²) in [4.78, 5) is 40.7. The SMILES string of the molecule is Cc1cc(N2CCCC2)ccc1NC(=O)CN1C(=O)NC(Cc2ccccc2)C1=O. The summed E-state index contributed by atoms with van der Waals surface area (Å²) in [5.41, 5.74) is 3.75. The normalized spacial score (nSPS) is 18.6. The van der Waals surface area contributed by atoms with Crippen molar-refractivity contribution in [2.24, 2.45) is 0 Å². The van der Waals surface area contributed by atoms with Crippen molar-refractivity contribution in [1.29, 1.82) is 0 Å². The minimum Gasteiger partial charge on any atom is -0.372 e. The van der Waals surface area contributed by atoms with Crippen LogP contribution in [0.25, 0.3) is 0 Å². The number of imide groups is 1. The molecule has 7 nitrogen and oxygen atoms in total. The Balaban J connectivity index is 1.36. The van der Waals surface area contributed by atoms with Gasteiger partial charge >= 0.3 is 6.03 Å². The van der Waals surface area contributed by atoms with Gasteiger partial charge in [-0.05, 0) is 49.1 Å². The minimum atomic E-state index is -0.644. The fourth-order valence-electron chi connectivity index (χ4n) is 4.01. The Morgan fingerprint density at radius 1 is 1.10 bits per heavy atom. The van der Waals surface area contributed by atoms with Crippen LogP contribution >= 0.6 is 0 Å². The molecule has 0 radical (unpaired) electrons. The van der Waals surface area contributed by atoms with Crippen LogP contribution in [-0.2, 0) is 16.0 Å². The monoisotopic (exact) mass is 406 g/mol. The maximum Gasteiger partial charge on any atom is 0.325 e.